The highest BCUT2D eigenvalue weighted by Gasteiger charge is 2.43. The van der Waals surface area contributed by atoms with Crippen molar-refractivity contribution in [3.8, 4) is 5.69 Å². The topological polar surface area (TPSA) is 109 Å². The van der Waals surface area contributed by atoms with Crippen LogP contribution in [-0.4, -0.2) is 29.9 Å². The van der Waals surface area contributed by atoms with Crippen LogP contribution in [-0.2, 0) is 10.0 Å². The lowest BCUT2D eigenvalue weighted by molar-refractivity contribution is 0.256. The number of aromatic nitrogens is 2. The largest absolute Gasteiger partial charge is 0.333 e. The summed E-state index contributed by atoms with van der Waals surface area (Å²) in [6.45, 7) is 2.22. The molecule has 10 heteroatoms. The van der Waals surface area contributed by atoms with Gasteiger partial charge in [-0.25, -0.2) is 22.6 Å². The lowest BCUT2D eigenvalue weighted by atomic mass is 9.76. The third-order valence-electron chi connectivity index (χ3n) is 7.54. The van der Waals surface area contributed by atoms with Gasteiger partial charge in [0.1, 0.15) is 0 Å². The smallest absolute Gasteiger partial charge is 0.307 e. The SMILES string of the molecule is CC1CCCC2C1=NN(c1ccc(S(=O)(=O)NC(=O)Nc3ccccc3)cc1)C2c1cnn(-c2ccccc2)c1. The predicted molar refractivity (Wildman–Crippen MR) is 155 cm³/mol. The fraction of sp³-hybridized carbons (Fsp3) is 0.233. The third kappa shape index (κ3) is 5.10. The molecule has 3 unspecified atom stereocenters. The summed E-state index contributed by atoms with van der Waals surface area (Å²) >= 11 is 0. The highest BCUT2D eigenvalue weighted by Crippen LogP contribution is 2.46. The lowest BCUT2D eigenvalue weighted by Gasteiger charge is -2.30. The minimum Gasteiger partial charge on any atom is -0.307 e. The van der Waals surface area contributed by atoms with Crippen molar-refractivity contribution in [1.29, 1.82) is 0 Å². The van der Waals surface area contributed by atoms with Gasteiger partial charge in [-0.15, -0.1) is 0 Å². The molecule has 9 nitrogen and oxygen atoms in total. The molecule has 6 rings (SSSR count). The van der Waals surface area contributed by atoms with Crippen molar-refractivity contribution in [2.75, 3.05) is 10.3 Å². The number of fused-ring (bicyclic) bond motifs is 1. The molecule has 2 N–H and O–H groups in total. The number of carbonyl (C=O) groups excluding carboxylic acids is 1. The average Bonchev–Trinajstić information content (AvgIpc) is 3.60. The zero-order valence-electron chi connectivity index (χ0n) is 22.0. The number of amides is 2. The maximum absolute atomic E-state index is 12.9. The van der Waals surface area contributed by atoms with Crippen LogP contribution in [0.5, 0.6) is 0 Å². The van der Waals surface area contributed by atoms with Gasteiger partial charge in [-0.2, -0.15) is 10.2 Å². The molecule has 40 heavy (non-hydrogen) atoms. The van der Waals surface area contributed by atoms with Gasteiger partial charge in [-0.3, -0.25) is 5.01 Å². The van der Waals surface area contributed by atoms with Crippen molar-refractivity contribution >= 4 is 33.1 Å². The lowest BCUT2D eigenvalue weighted by Crippen LogP contribution is -2.34. The van der Waals surface area contributed by atoms with Crippen LogP contribution in [0.3, 0.4) is 0 Å². The summed E-state index contributed by atoms with van der Waals surface area (Å²) < 4.78 is 29.8. The van der Waals surface area contributed by atoms with Crippen LogP contribution in [0.2, 0.25) is 0 Å². The van der Waals surface area contributed by atoms with Gasteiger partial charge in [0, 0.05) is 29.1 Å². The zero-order chi connectivity index (χ0) is 27.7. The third-order valence-corrected chi connectivity index (χ3v) is 8.89. The Hall–Kier alpha value is -4.44. The summed E-state index contributed by atoms with van der Waals surface area (Å²) in [5.74, 6) is 0.631. The Balaban J connectivity index is 1.26. The van der Waals surface area contributed by atoms with Gasteiger partial charge in [-0.1, -0.05) is 49.7 Å². The van der Waals surface area contributed by atoms with Crippen LogP contribution >= 0.6 is 0 Å². The van der Waals surface area contributed by atoms with E-state index in [1.54, 1.807) is 36.4 Å². The Bertz CT molecular complexity index is 1640. The zero-order valence-corrected chi connectivity index (χ0v) is 22.8. The molecule has 1 aromatic heterocycles. The molecular weight excluding hydrogens is 524 g/mol. The first-order valence-electron chi connectivity index (χ1n) is 13.4. The monoisotopic (exact) mass is 554 g/mol. The number of benzene rings is 3. The number of hydrazone groups is 1. The highest BCUT2D eigenvalue weighted by atomic mass is 32.2. The van der Waals surface area contributed by atoms with Crippen molar-refractivity contribution in [3.05, 3.63) is 103 Å². The van der Waals surface area contributed by atoms with Crippen LogP contribution < -0.4 is 15.0 Å². The predicted octanol–water partition coefficient (Wildman–Crippen LogP) is 5.74. The van der Waals surface area contributed by atoms with Crippen molar-refractivity contribution < 1.29 is 13.2 Å². The molecule has 3 atom stereocenters. The second kappa shape index (κ2) is 10.6. The first-order chi connectivity index (χ1) is 19.4. The normalized spacial score (nSPS) is 20.5. The second-order valence-electron chi connectivity index (χ2n) is 10.2. The molecule has 3 aromatic carbocycles. The van der Waals surface area contributed by atoms with E-state index in [1.165, 1.54) is 17.8 Å². The molecule has 1 aliphatic carbocycles. The molecule has 204 valence electrons. The molecule has 0 saturated heterocycles. The van der Waals surface area contributed by atoms with Crippen LogP contribution in [0.15, 0.2) is 107 Å². The fourth-order valence-electron chi connectivity index (χ4n) is 5.59. The van der Waals surface area contributed by atoms with E-state index in [1.807, 2.05) is 52.3 Å². The maximum Gasteiger partial charge on any atom is 0.333 e. The molecule has 0 bridgehead atoms. The molecule has 0 spiro atoms. The van der Waals surface area contributed by atoms with E-state index in [-0.39, 0.29) is 16.9 Å². The number of nitrogens with zero attached hydrogens (tertiary/aromatic N) is 4. The Morgan fingerprint density at radius 2 is 1.60 bits per heavy atom. The Labute approximate surface area is 233 Å². The molecular formula is C30H30N6O3S. The van der Waals surface area contributed by atoms with Crippen molar-refractivity contribution in [3.63, 3.8) is 0 Å². The Morgan fingerprint density at radius 1 is 0.900 bits per heavy atom. The van der Waals surface area contributed by atoms with Crippen LogP contribution in [0.25, 0.3) is 5.69 Å². The van der Waals surface area contributed by atoms with Crippen molar-refractivity contribution in [1.82, 2.24) is 14.5 Å². The van der Waals surface area contributed by atoms with Gasteiger partial charge in [0.05, 0.1) is 28.5 Å². The van der Waals surface area contributed by atoms with Gasteiger partial charge < -0.3 is 5.32 Å². The van der Waals surface area contributed by atoms with Gasteiger partial charge >= 0.3 is 6.03 Å². The van der Waals surface area contributed by atoms with E-state index in [4.69, 9.17) is 5.10 Å². The minimum absolute atomic E-state index is 0.00876. The van der Waals surface area contributed by atoms with Crippen LogP contribution in [0, 0.1) is 11.8 Å². The Morgan fingerprint density at radius 3 is 2.33 bits per heavy atom. The number of sulfonamides is 1. The number of urea groups is 1. The quantitative estimate of drug-likeness (QED) is 0.316. The number of hydrogen-bond donors (Lipinski definition) is 2. The van der Waals surface area contributed by atoms with Crippen molar-refractivity contribution in [2.45, 2.75) is 37.1 Å². The summed E-state index contributed by atoms with van der Waals surface area (Å²) in [7, 11) is -4.07. The van der Waals surface area contributed by atoms with Crippen LogP contribution in [0.1, 0.15) is 37.8 Å². The van der Waals surface area contributed by atoms with Gasteiger partial charge in [0.25, 0.3) is 10.0 Å². The van der Waals surface area contributed by atoms with E-state index in [9.17, 15) is 13.2 Å². The number of nitrogens with one attached hydrogen (secondary N) is 2. The van der Waals surface area contributed by atoms with E-state index in [0.717, 1.165) is 36.2 Å². The van der Waals surface area contributed by atoms with Gasteiger partial charge in [0.2, 0.25) is 0 Å². The summed E-state index contributed by atoms with van der Waals surface area (Å²) in [6.07, 6.45) is 7.23. The number of carbonyl (C=O) groups is 1. The summed E-state index contributed by atoms with van der Waals surface area (Å²) in [6, 6.07) is 24.3. The minimum atomic E-state index is -4.07. The molecule has 1 saturated carbocycles. The molecule has 1 aliphatic heterocycles. The van der Waals surface area contributed by atoms with E-state index in [0.29, 0.717) is 11.6 Å². The van der Waals surface area contributed by atoms with Gasteiger partial charge in [-0.05, 0) is 67.3 Å². The Kier molecular flexibility index (Phi) is 6.85. The molecule has 2 amide bonds. The first-order valence-corrected chi connectivity index (χ1v) is 14.8. The number of anilines is 2. The summed E-state index contributed by atoms with van der Waals surface area (Å²) in [5.41, 5.74) is 4.49. The first kappa shape index (κ1) is 25.8. The van der Waals surface area contributed by atoms with Crippen molar-refractivity contribution in [2.24, 2.45) is 16.9 Å². The molecule has 2 heterocycles. The second-order valence-corrected chi connectivity index (χ2v) is 11.9. The average molecular weight is 555 g/mol. The summed E-state index contributed by atoms with van der Waals surface area (Å²) in [5, 5.41) is 14.2. The summed E-state index contributed by atoms with van der Waals surface area (Å²) in [4.78, 5) is 12.3. The van der Waals surface area contributed by atoms with Gasteiger partial charge in [0.15, 0.2) is 0 Å². The molecule has 1 fully saturated rings. The standard InChI is InChI=1S/C30H30N6O3S/c1-21-9-8-14-27-28(21)33-36(29(27)22-19-31-35(20-22)24-12-6-3-7-13-24)25-15-17-26(18-16-25)40(38,39)34-30(37)32-23-10-4-2-5-11-23/h2-7,10-13,15-21,27,29H,8-9,14H2,1H3,(H2,32,34,37). The van der Waals surface area contributed by atoms with E-state index in [2.05, 4.69) is 28.3 Å². The fourth-order valence-corrected chi connectivity index (χ4v) is 6.50. The highest BCUT2D eigenvalue weighted by molar-refractivity contribution is 7.90. The molecule has 2 aliphatic rings. The van der Waals surface area contributed by atoms with Crippen LogP contribution in [0.4, 0.5) is 16.2 Å². The number of rotatable bonds is 6. The van der Waals surface area contributed by atoms with E-state index < -0.39 is 16.1 Å². The maximum atomic E-state index is 12.9. The molecule has 0 radical (unpaired) electrons. The number of para-hydroxylation sites is 2. The van der Waals surface area contributed by atoms with E-state index >= 15 is 0 Å². The number of hydrogen-bond acceptors (Lipinski definition) is 6. The molecule has 4 aromatic rings.